The van der Waals surface area contributed by atoms with Crippen molar-refractivity contribution in [2.75, 3.05) is 7.11 Å². The highest BCUT2D eigenvalue weighted by atomic mass is 19.1. The number of rotatable bonds is 4. The molecule has 0 aromatic carbocycles. The van der Waals surface area contributed by atoms with Crippen molar-refractivity contribution >= 4 is 11.0 Å². The molecule has 0 atom stereocenters. The number of hydrogen-bond acceptors (Lipinski definition) is 2. The number of methoxy groups -OCH3 is 1. The van der Waals surface area contributed by atoms with Crippen LogP contribution >= 0.6 is 0 Å². The maximum Gasteiger partial charge on any atom is 0.214 e. The van der Waals surface area contributed by atoms with Gasteiger partial charge in [-0.15, -0.1) is 9.20 Å². The molecule has 4 aromatic heterocycles. The van der Waals surface area contributed by atoms with Crippen molar-refractivity contribution in [1.29, 1.82) is 0 Å². The molecule has 5 nitrogen and oxygen atoms in total. The maximum absolute atomic E-state index is 14.1. The second-order valence-corrected chi connectivity index (χ2v) is 9.27. The zero-order valence-electron chi connectivity index (χ0n) is 17.9. The number of aromatic nitrogens is 4. The minimum Gasteiger partial charge on any atom is -0.481 e. The molecule has 29 heavy (non-hydrogen) atoms. The lowest BCUT2D eigenvalue weighted by Gasteiger charge is -2.20. The number of fused-ring (bicyclic) bond motifs is 2. The molecule has 4 heterocycles. The minimum absolute atomic E-state index is 0.0454. The normalized spacial score (nSPS) is 12.8. The van der Waals surface area contributed by atoms with Crippen LogP contribution in [-0.2, 0) is 17.4 Å². The average molecular weight is 396 g/mol. The van der Waals surface area contributed by atoms with E-state index in [9.17, 15) is 4.39 Å². The summed E-state index contributed by atoms with van der Waals surface area (Å²) in [6, 6.07) is 9.30. The molecule has 4 aromatic rings. The van der Waals surface area contributed by atoms with Crippen LogP contribution in [-0.4, -0.2) is 21.2 Å². The second-order valence-electron chi connectivity index (χ2n) is 9.27. The third-order valence-electron chi connectivity index (χ3n) is 5.54. The molecule has 0 fully saturated rings. The Morgan fingerprint density at radius 2 is 1.79 bits per heavy atom. The first-order chi connectivity index (χ1) is 13.6. The molecule has 4 rings (SSSR count). The molecular weight excluding hydrogens is 367 g/mol. The summed E-state index contributed by atoms with van der Waals surface area (Å²) in [5.74, 6) is 0.447. The van der Waals surface area contributed by atoms with Gasteiger partial charge in [0, 0.05) is 11.6 Å². The van der Waals surface area contributed by atoms with E-state index in [0.717, 1.165) is 16.6 Å². The molecule has 0 amide bonds. The summed E-state index contributed by atoms with van der Waals surface area (Å²) >= 11 is 0. The highest BCUT2D eigenvalue weighted by molar-refractivity contribution is 5.58. The molecule has 152 valence electrons. The van der Waals surface area contributed by atoms with Crippen LogP contribution in [0.15, 0.2) is 48.9 Å². The Hall–Kier alpha value is -2.89. The van der Waals surface area contributed by atoms with E-state index in [4.69, 9.17) is 4.74 Å². The quantitative estimate of drug-likeness (QED) is 0.483. The number of halogens is 1. The van der Waals surface area contributed by atoms with Gasteiger partial charge in [-0.25, -0.2) is 8.91 Å². The standard InChI is InChI=1S/C23H28FN4O/c1-22(2,3)18-14-26(27-13-16(24)10-11-19(18)27)15-23(4,5)17-12-25-28-20(17)8-7-9-21(28)29-6/h7-14H,15H2,1-6H3/q+1. The van der Waals surface area contributed by atoms with Crippen LogP contribution in [0.25, 0.3) is 11.0 Å². The van der Waals surface area contributed by atoms with E-state index in [1.807, 2.05) is 39.5 Å². The number of hydrogen-bond donors (Lipinski definition) is 0. The molecule has 0 saturated carbocycles. The summed E-state index contributed by atoms with van der Waals surface area (Å²) in [4.78, 5) is 0. The molecular formula is C23H28FN4O+. The van der Waals surface area contributed by atoms with E-state index in [1.165, 1.54) is 11.6 Å². The summed E-state index contributed by atoms with van der Waals surface area (Å²) in [5.41, 5.74) is 4.06. The van der Waals surface area contributed by atoms with Crippen LogP contribution < -0.4 is 9.42 Å². The van der Waals surface area contributed by atoms with Crippen molar-refractivity contribution in [3.8, 4) is 5.88 Å². The molecule has 6 heteroatoms. The highest BCUT2D eigenvalue weighted by Gasteiger charge is 2.33. The molecule has 0 aliphatic carbocycles. The zero-order valence-corrected chi connectivity index (χ0v) is 17.9. The molecule has 0 saturated heterocycles. The zero-order chi connectivity index (χ0) is 21.0. The van der Waals surface area contributed by atoms with Crippen LogP contribution in [0.2, 0.25) is 0 Å². The van der Waals surface area contributed by atoms with Crippen LogP contribution in [0.5, 0.6) is 5.88 Å². The van der Waals surface area contributed by atoms with Crippen LogP contribution in [0, 0.1) is 5.82 Å². The molecule has 0 aliphatic heterocycles. The summed E-state index contributed by atoms with van der Waals surface area (Å²) in [6.07, 6.45) is 5.60. The van der Waals surface area contributed by atoms with Crippen LogP contribution in [0.4, 0.5) is 4.39 Å². The first-order valence-electron chi connectivity index (χ1n) is 9.84. The van der Waals surface area contributed by atoms with Gasteiger partial charge in [-0.3, -0.25) is 0 Å². The van der Waals surface area contributed by atoms with Gasteiger partial charge in [0.15, 0.2) is 12.7 Å². The van der Waals surface area contributed by atoms with Crippen molar-refractivity contribution in [1.82, 2.24) is 14.1 Å². The maximum atomic E-state index is 14.1. The van der Waals surface area contributed by atoms with Crippen molar-refractivity contribution in [2.24, 2.45) is 0 Å². The summed E-state index contributed by atoms with van der Waals surface area (Å²) in [5, 5.41) is 4.53. The predicted molar refractivity (Wildman–Crippen MR) is 111 cm³/mol. The molecule has 0 radical (unpaired) electrons. The smallest absolute Gasteiger partial charge is 0.214 e. The predicted octanol–water partition coefficient (Wildman–Crippen LogP) is 4.30. The second kappa shape index (κ2) is 6.58. The lowest BCUT2D eigenvalue weighted by molar-refractivity contribution is -0.766. The fourth-order valence-electron chi connectivity index (χ4n) is 4.02. The van der Waals surface area contributed by atoms with E-state index < -0.39 is 0 Å². The van der Waals surface area contributed by atoms with Gasteiger partial charge in [-0.2, -0.15) is 5.10 Å². The van der Waals surface area contributed by atoms with E-state index in [1.54, 1.807) is 13.3 Å². The van der Waals surface area contributed by atoms with Gasteiger partial charge in [-0.05, 0) is 37.5 Å². The molecule has 0 aliphatic rings. The van der Waals surface area contributed by atoms with Gasteiger partial charge in [0.2, 0.25) is 5.88 Å². The Labute approximate surface area is 170 Å². The van der Waals surface area contributed by atoms with Crippen molar-refractivity contribution in [3.63, 3.8) is 0 Å². The number of pyridine rings is 2. The van der Waals surface area contributed by atoms with Crippen LogP contribution in [0.3, 0.4) is 0 Å². The number of ether oxygens (including phenoxy) is 1. The van der Waals surface area contributed by atoms with Gasteiger partial charge in [-0.1, -0.05) is 26.8 Å². The average Bonchev–Trinajstić information content (AvgIpc) is 3.23. The van der Waals surface area contributed by atoms with Gasteiger partial charge < -0.3 is 4.74 Å². The Bertz CT molecular complexity index is 1200. The van der Waals surface area contributed by atoms with E-state index in [-0.39, 0.29) is 16.6 Å². The third-order valence-corrected chi connectivity index (χ3v) is 5.54. The molecule has 0 N–H and O–H groups in total. The van der Waals surface area contributed by atoms with Crippen molar-refractivity contribution < 1.29 is 13.8 Å². The SMILES string of the molecule is COc1cccc2c(C(C)(C)C[n+]3cc(C(C)(C)C)c4ccc(F)cn43)cnn12. The van der Waals surface area contributed by atoms with Gasteiger partial charge in [0.25, 0.3) is 0 Å². The monoisotopic (exact) mass is 395 g/mol. The molecule has 0 unspecified atom stereocenters. The van der Waals surface area contributed by atoms with Gasteiger partial charge >= 0.3 is 0 Å². The summed E-state index contributed by atoms with van der Waals surface area (Å²) in [7, 11) is 1.65. The topological polar surface area (TPSA) is 34.8 Å². The Morgan fingerprint density at radius 1 is 1.03 bits per heavy atom. The fourth-order valence-corrected chi connectivity index (χ4v) is 4.02. The first-order valence-corrected chi connectivity index (χ1v) is 9.84. The van der Waals surface area contributed by atoms with Crippen molar-refractivity contribution in [3.05, 3.63) is 65.9 Å². The van der Waals surface area contributed by atoms with E-state index in [2.05, 4.69) is 50.6 Å². The lowest BCUT2D eigenvalue weighted by atomic mass is 9.85. The lowest BCUT2D eigenvalue weighted by Crippen LogP contribution is -2.47. The van der Waals surface area contributed by atoms with Crippen LogP contribution in [0.1, 0.15) is 45.7 Å². The molecule has 0 spiro atoms. The largest absolute Gasteiger partial charge is 0.481 e. The summed E-state index contributed by atoms with van der Waals surface area (Å²) in [6.45, 7) is 11.6. The fraction of sp³-hybridized carbons (Fsp3) is 0.391. The van der Waals surface area contributed by atoms with Gasteiger partial charge in [0.05, 0.1) is 29.8 Å². The van der Waals surface area contributed by atoms with Crippen molar-refractivity contribution in [2.45, 2.75) is 52.0 Å². The van der Waals surface area contributed by atoms with Gasteiger partial charge in [0.1, 0.15) is 17.5 Å². The third kappa shape index (κ3) is 3.26. The summed E-state index contributed by atoms with van der Waals surface area (Å²) < 4.78 is 25.3. The van der Waals surface area contributed by atoms with E-state index in [0.29, 0.717) is 12.4 Å². The molecule has 0 bridgehead atoms. The number of nitrogens with zero attached hydrogens (tertiary/aromatic N) is 4. The first kappa shape index (κ1) is 19.4. The highest BCUT2D eigenvalue weighted by Crippen LogP contribution is 2.31. The Kier molecular flexibility index (Phi) is 4.41. The van der Waals surface area contributed by atoms with E-state index >= 15 is 0 Å². The Morgan fingerprint density at radius 3 is 2.48 bits per heavy atom. The Balaban J connectivity index is 1.83. The minimum atomic E-state index is -0.249.